The van der Waals surface area contributed by atoms with Crippen molar-refractivity contribution in [2.45, 2.75) is 37.8 Å². The third-order valence-corrected chi connectivity index (χ3v) is 7.92. The number of amides is 2. The minimum absolute atomic E-state index is 0.0637. The second-order valence-corrected chi connectivity index (χ2v) is 10.3. The minimum Gasteiger partial charge on any atom is -0.321 e. The summed E-state index contributed by atoms with van der Waals surface area (Å²) in [6.45, 7) is 3.45. The SMILES string of the molecule is CCC(C)C(C(=O)NO)N(Cc1cccnc1)S(=O)(=O)c1ccc(NC(=O)c2cncs2)cc1. The molecular weight excluding hydrogens is 478 g/mol. The van der Waals surface area contributed by atoms with Crippen LogP contribution < -0.4 is 10.8 Å². The molecule has 0 aliphatic rings. The molecule has 180 valence electrons. The molecule has 2 aromatic heterocycles. The van der Waals surface area contributed by atoms with Gasteiger partial charge in [0.2, 0.25) is 10.0 Å². The lowest BCUT2D eigenvalue weighted by molar-refractivity contribution is -0.135. The molecule has 0 fully saturated rings. The number of carbonyl (C=O) groups excluding carboxylic acids is 2. The van der Waals surface area contributed by atoms with Crippen LogP contribution in [-0.4, -0.2) is 45.8 Å². The normalized spacial score (nSPS) is 13.3. The van der Waals surface area contributed by atoms with Gasteiger partial charge in [0, 0.05) is 24.6 Å². The first-order valence-electron chi connectivity index (χ1n) is 10.4. The van der Waals surface area contributed by atoms with E-state index in [-0.39, 0.29) is 17.3 Å². The summed E-state index contributed by atoms with van der Waals surface area (Å²) in [4.78, 5) is 33.1. The quantitative estimate of drug-likeness (QED) is 0.285. The molecule has 2 atom stereocenters. The molecule has 3 aromatic rings. The van der Waals surface area contributed by atoms with E-state index < -0.39 is 27.9 Å². The van der Waals surface area contributed by atoms with Crippen molar-refractivity contribution in [3.05, 3.63) is 70.9 Å². The highest BCUT2D eigenvalue weighted by Crippen LogP contribution is 2.27. The van der Waals surface area contributed by atoms with Crippen LogP contribution in [0.1, 0.15) is 35.5 Å². The van der Waals surface area contributed by atoms with Crippen molar-refractivity contribution in [3.63, 3.8) is 0 Å². The van der Waals surface area contributed by atoms with E-state index in [0.29, 0.717) is 22.5 Å². The Kier molecular flexibility index (Phi) is 8.45. The molecule has 2 heterocycles. The number of hydroxylamine groups is 1. The number of thiazole rings is 1. The Morgan fingerprint density at radius 2 is 1.88 bits per heavy atom. The summed E-state index contributed by atoms with van der Waals surface area (Å²) in [7, 11) is -4.18. The number of hydrogen-bond donors (Lipinski definition) is 3. The van der Waals surface area contributed by atoms with Crippen molar-refractivity contribution in [2.75, 3.05) is 5.32 Å². The largest absolute Gasteiger partial charge is 0.321 e. The molecule has 0 radical (unpaired) electrons. The predicted molar refractivity (Wildman–Crippen MR) is 127 cm³/mol. The lowest BCUT2D eigenvalue weighted by Crippen LogP contribution is -2.51. The Bertz CT molecular complexity index is 1200. The number of pyridine rings is 1. The number of anilines is 1. The van der Waals surface area contributed by atoms with Gasteiger partial charge in [-0.2, -0.15) is 4.31 Å². The lowest BCUT2D eigenvalue weighted by Gasteiger charge is -2.33. The third-order valence-electron chi connectivity index (χ3n) is 5.31. The van der Waals surface area contributed by atoms with Gasteiger partial charge < -0.3 is 5.32 Å². The fraction of sp³-hybridized carbons (Fsp3) is 0.273. The van der Waals surface area contributed by atoms with E-state index in [4.69, 9.17) is 0 Å². The minimum atomic E-state index is -4.18. The Morgan fingerprint density at radius 3 is 2.44 bits per heavy atom. The number of hydrogen-bond acceptors (Lipinski definition) is 8. The van der Waals surface area contributed by atoms with Crippen LogP contribution in [0.3, 0.4) is 0 Å². The summed E-state index contributed by atoms with van der Waals surface area (Å²) in [6.07, 6.45) is 5.02. The zero-order chi connectivity index (χ0) is 24.7. The molecule has 3 rings (SSSR count). The predicted octanol–water partition coefficient (Wildman–Crippen LogP) is 2.90. The first kappa shape index (κ1) is 25.4. The maximum absolute atomic E-state index is 13.7. The van der Waals surface area contributed by atoms with Gasteiger partial charge in [-0.3, -0.25) is 24.8 Å². The monoisotopic (exact) mass is 503 g/mol. The molecule has 2 unspecified atom stereocenters. The van der Waals surface area contributed by atoms with Crippen LogP contribution in [0.5, 0.6) is 0 Å². The van der Waals surface area contributed by atoms with Gasteiger partial charge in [0.05, 0.1) is 16.6 Å². The Labute approximate surface area is 201 Å². The number of aromatic nitrogens is 2. The molecule has 0 saturated carbocycles. The van der Waals surface area contributed by atoms with E-state index in [0.717, 1.165) is 4.31 Å². The standard InChI is InChI=1S/C22H25N5O5S2/c1-3-15(2)20(22(29)26-30)27(13-16-5-4-10-23-11-16)34(31,32)18-8-6-17(7-9-18)25-21(28)19-12-24-14-33-19/h4-12,14-15,20,30H,3,13H2,1-2H3,(H,25,28)(H,26,29). The summed E-state index contributed by atoms with van der Waals surface area (Å²) in [5.74, 6) is -1.57. The van der Waals surface area contributed by atoms with E-state index >= 15 is 0 Å². The van der Waals surface area contributed by atoms with Crippen LogP contribution in [0.15, 0.2) is 65.4 Å². The van der Waals surface area contributed by atoms with Gasteiger partial charge in [0.1, 0.15) is 10.9 Å². The Hall–Kier alpha value is -3.19. The molecule has 12 heteroatoms. The molecule has 0 aliphatic carbocycles. The van der Waals surface area contributed by atoms with E-state index in [1.807, 2.05) is 6.92 Å². The maximum atomic E-state index is 13.7. The number of rotatable bonds is 10. The molecule has 3 N–H and O–H groups in total. The van der Waals surface area contributed by atoms with Gasteiger partial charge in [-0.25, -0.2) is 13.9 Å². The smallest absolute Gasteiger partial charge is 0.267 e. The molecule has 34 heavy (non-hydrogen) atoms. The molecule has 2 amide bonds. The first-order valence-corrected chi connectivity index (χ1v) is 12.7. The average molecular weight is 504 g/mol. The van der Waals surface area contributed by atoms with Gasteiger partial charge in [-0.15, -0.1) is 11.3 Å². The van der Waals surface area contributed by atoms with Crippen LogP contribution in [0, 0.1) is 5.92 Å². The number of nitrogens with zero attached hydrogens (tertiary/aromatic N) is 3. The van der Waals surface area contributed by atoms with Gasteiger partial charge in [-0.05, 0) is 41.8 Å². The number of carbonyl (C=O) groups is 2. The highest BCUT2D eigenvalue weighted by molar-refractivity contribution is 7.89. The summed E-state index contributed by atoms with van der Waals surface area (Å²) in [6, 6.07) is 7.88. The van der Waals surface area contributed by atoms with Gasteiger partial charge >= 0.3 is 0 Å². The van der Waals surface area contributed by atoms with Crippen LogP contribution in [-0.2, 0) is 21.4 Å². The van der Waals surface area contributed by atoms with Crippen molar-refractivity contribution in [1.29, 1.82) is 0 Å². The van der Waals surface area contributed by atoms with E-state index in [1.54, 1.807) is 30.7 Å². The van der Waals surface area contributed by atoms with Gasteiger partial charge in [-0.1, -0.05) is 26.3 Å². The second-order valence-electron chi connectivity index (χ2n) is 7.56. The maximum Gasteiger partial charge on any atom is 0.267 e. The topological polar surface area (TPSA) is 142 Å². The second kappa shape index (κ2) is 11.3. The van der Waals surface area contributed by atoms with Gasteiger partial charge in [0.25, 0.3) is 11.8 Å². The van der Waals surface area contributed by atoms with E-state index in [1.165, 1.54) is 53.5 Å². The molecule has 0 aliphatic heterocycles. The van der Waals surface area contributed by atoms with Crippen LogP contribution in [0.4, 0.5) is 5.69 Å². The first-order chi connectivity index (χ1) is 16.3. The van der Waals surface area contributed by atoms with Crippen molar-refractivity contribution in [3.8, 4) is 0 Å². The average Bonchev–Trinajstić information content (AvgIpc) is 3.39. The number of sulfonamides is 1. The van der Waals surface area contributed by atoms with Crippen molar-refractivity contribution >= 4 is 38.9 Å². The molecular formula is C22H25N5O5S2. The fourth-order valence-electron chi connectivity index (χ4n) is 3.33. The van der Waals surface area contributed by atoms with E-state index in [2.05, 4.69) is 15.3 Å². The number of benzene rings is 1. The zero-order valence-electron chi connectivity index (χ0n) is 18.6. The molecule has 0 spiro atoms. The summed E-state index contributed by atoms with van der Waals surface area (Å²) in [5, 5.41) is 12.0. The molecule has 0 bridgehead atoms. The molecule has 0 saturated heterocycles. The summed E-state index contributed by atoms with van der Waals surface area (Å²) >= 11 is 1.19. The third kappa shape index (κ3) is 5.83. The fourth-order valence-corrected chi connectivity index (χ4v) is 5.52. The van der Waals surface area contributed by atoms with Crippen molar-refractivity contribution in [1.82, 2.24) is 19.8 Å². The Balaban J connectivity index is 1.95. The lowest BCUT2D eigenvalue weighted by atomic mass is 9.98. The van der Waals surface area contributed by atoms with Crippen molar-refractivity contribution in [2.24, 2.45) is 5.92 Å². The highest BCUT2D eigenvalue weighted by atomic mass is 32.2. The van der Waals surface area contributed by atoms with Crippen LogP contribution in [0.2, 0.25) is 0 Å². The summed E-state index contributed by atoms with van der Waals surface area (Å²) < 4.78 is 28.4. The van der Waals surface area contributed by atoms with Crippen molar-refractivity contribution < 1.29 is 23.2 Å². The molecule has 1 aromatic carbocycles. The van der Waals surface area contributed by atoms with Gasteiger partial charge in [0.15, 0.2) is 0 Å². The Morgan fingerprint density at radius 1 is 1.15 bits per heavy atom. The van der Waals surface area contributed by atoms with E-state index in [9.17, 15) is 23.2 Å². The zero-order valence-corrected chi connectivity index (χ0v) is 20.2. The number of nitrogens with one attached hydrogen (secondary N) is 2. The molecule has 10 nitrogen and oxygen atoms in total. The van der Waals surface area contributed by atoms with Crippen LogP contribution in [0.25, 0.3) is 0 Å². The van der Waals surface area contributed by atoms with Crippen LogP contribution >= 0.6 is 11.3 Å². The summed E-state index contributed by atoms with van der Waals surface area (Å²) in [5.41, 5.74) is 4.13. The highest BCUT2D eigenvalue weighted by Gasteiger charge is 2.39.